The van der Waals surface area contributed by atoms with Crippen molar-refractivity contribution in [3.63, 3.8) is 0 Å². The molecule has 4 heteroatoms. The second-order valence-corrected chi connectivity index (χ2v) is 6.72. The van der Waals surface area contributed by atoms with E-state index in [1.807, 2.05) is 25.1 Å². The van der Waals surface area contributed by atoms with Crippen molar-refractivity contribution in [2.24, 2.45) is 0 Å². The van der Waals surface area contributed by atoms with E-state index >= 15 is 0 Å². The number of rotatable bonds is 5. The lowest BCUT2D eigenvalue weighted by Crippen LogP contribution is -2.23. The standard InChI is InChI=1S/C22H23N3O/c1-16-21(26-15-17-5-3-2-4-6-17)14-24-22(25-16)12-18-7-8-20-13-23-10-9-19(20)11-18/h2-8,11,14,23H,9-10,12-13,15H2,1H3. The van der Waals surface area contributed by atoms with Gasteiger partial charge in [-0.15, -0.1) is 0 Å². The maximum absolute atomic E-state index is 5.87. The van der Waals surface area contributed by atoms with Gasteiger partial charge in [-0.2, -0.15) is 0 Å². The lowest BCUT2D eigenvalue weighted by molar-refractivity contribution is 0.300. The summed E-state index contributed by atoms with van der Waals surface area (Å²) in [6, 6.07) is 16.8. The van der Waals surface area contributed by atoms with Crippen molar-refractivity contribution >= 4 is 0 Å². The van der Waals surface area contributed by atoms with Gasteiger partial charge in [0.25, 0.3) is 0 Å². The van der Waals surface area contributed by atoms with Crippen LogP contribution in [0.2, 0.25) is 0 Å². The molecule has 0 atom stereocenters. The highest BCUT2D eigenvalue weighted by Gasteiger charge is 2.11. The lowest BCUT2D eigenvalue weighted by Gasteiger charge is -2.17. The average Bonchev–Trinajstić information content (AvgIpc) is 2.68. The van der Waals surface area contributed by atoms with Gasteiger partial charge in [-0.05, 0) is 42.1 Å². The molecule has 0 fully saturated rings. The highest BCUT2D eigenvalue weighted by atomic mass is 16.5. The Bertz CT molecular complexity index is 893. The van der Waals surface area contributed by atoms with Crippen molar-refractivity contribution in [2.75, 3.05) is 6.54 Å². The van der Waals surface area contributed by atoms with Crippen molar-refractivity contribution in [1.82, 2.24) is 15.3 Å². The van der Waals surface area contributed by atoms with E-state index < -0.39 is 0 Å². The number of aryl methyl sites for hydroxylation is 1. The van der Waals surface area contributed by atoms with Crippen molar-refractivity contribution in [2.45, 2.75) is 32.9 Å². The summed E-state index contributed by atoms with van der Waals surface area (Å²) in [5.74, 6) is 1.58. The quantitative estimate of drug-likeness (QED) is 0.767. The van der Waals surface area contributed by atoms with Crippen LogP contribution in [0.3, 0.4) is 0 Å². The number of ether oxygens (including phenoxy) is 1. The smallest absolute Gasteiger partial charge is 0.159 e. The molecular weight excluding hydrogens is 322 g/mol. The molecule has 0 radical (unpaired) electrons. The maximum Gasteiger partial charge on any atom is 0.159 e. The Hall–Kier alpha value is -2.72. The average molecular weight is 345 g/mol. The molecule has 4 nitrogen and oxygen atoms in total. The van der Waals surface area contributed by atoms with Crippen LogP contribution in [-0.2, 0) is 26.0 Å². The third-order valence-electron chi connectivity index (χ3n) is 4.74. The Morgan fingerprint density at radius 1 is 1.04 bits per heavy atom. The van der Waals surface area contributed by atoms with Crippen LogP contribution in [0.5, 0.6) is 5.75 Å². The number of hydrogen-bond acceptors (Lipinski definition) is 4. The number of fused-ring (bicyclic) bond motifs is 1. The molecule has 0 amide bonds. The summed E-state index contributed by atoms with van der Waals surface area (Å²) in [6.07, 6.45) is 3.64. The van der Waals surface area contributed by atoms with E-state index in [4.69, 9.17) is 4.74 Å². The molecule has 1 N–H and O–H groups in total. The highest BCUT2D eigenvalue weighted by molar-refractivity contribution is 5.35. The molecule has 0 aliphatic carbocycles. The van der Waals surface area contributed by atoms with Gasteiger partial charge in [-0.3, -0.25) is 0 Å². The molecule has 4 rings (SSSR count). The number of nitrogens with one attached hydrogen (secondary N) is 1. The molecule has 2 heterocycles. The summed E-state index contributed by atoms with van der Waals surface area (Å²) < 4.78 is 5.87. The van der Waals surface area contributed by atoms with Gasteiger partial charge in [0.1, 0.15) is 12.4 Å². The van der Waals surface area contributed by atoms with Crippen molar-refractivity contribution in [3.05, 3.63) is 88.5 Å². The van der Waals surface area contributed by atoms with Gasteiger partial charge < -0.3 is 10.1 Å². The first kappa shape index (κ1) is 16.7. The molecular formula is C22H23N3O. The third-order valence-corrected chi connectivity index (χ3v) is 4.74. The largest absolute Gasteiger partial charge is 0.485 e. The zero-order valence-corrected chi connectivity index (χ0v) is 15.0. The van der Waals surface area contributed by atoms with Gasteiger partial charge in [-0.25, -0.2) is 9.97 Å². The van der Waals surface area contributed by atoms with E-state index in [0.29, 0.717) is 6.61 Å². The fourth-order valence-corrected chi connectivity index (χ4v) is 3.29. The molecule has 0 saturated carbocycles. The Balaban J connectivity index is 1.44. The van der Waals surface area contributed by atoms with Gasteiger partial charge in [0.15, 0.2) is 5.75 Å². The highest BCUT2D eigenvalue weighted by Crippen LogP contribution is 2.20. The van der Waals surface area contributed by atoms with Crippen LogP contribution in [0.4, 0.5) is 0 Å². The van der Waals surface area contributed by atoms with E-state index in [1.165, 1.54) is 16.7 Å². The Morgan fingerprint density at radius 2 is 1.92 bits per heavy atom. The fraction of sp³-hybridized carbons (Fsp3) is 0.273. The lowest BCUT2D eigenvalue weighted by atomic mass is 9.97. The summed E-state index contributed by atoms with van der Waals surface area (Å²) in [7, 11) is 0. The summed E-state index contributed by atoms with van der Waals surface area (Å²) in [4.78, 5) is 9.16. The van der Waals surface area contributed by atoms with E-state index in [1.54, 1.807) is 6.20 Å². The molecule has 3 aromatic rings. The van der Waals surface area contributed by atoms with Crippen LogP contribution in [0.25, 0.3) is 0 Å². The van der Waals surface area contributed by atoms with Gasteiger partial charge in [0, 0.05) is 13.0 Å². The second-order valence-electron chi connectivity index (χ2n) is 6.72. The molecule has 1 aliphatic rings. The summed E-state index contributed by atoms with van der Waals surface area (Å²) in [5, 5.41) is 3.41. The summed E-state index contributed by atoms with van der Waals surface area (Å²) in [5.41, 5.74) is 6.14. The van der Waals surface area contributed by atoms with Crippen LogP contribution in [0, 0.1) is 6.92 Å². The zero-order valence-electron chi connectivity index (χ0n) is 15.0. The molecule has 0 unspecified atom stereocenters. The molecule has 0 bridgehead atoms. The van der Waals surface area contributed by atoms with E-state index in [0.717, 1.165) is 48.8 Å². The minimum Gasteiger partial charge on any atom is -0.485 e. The zero-order chi connectivity index (χ0) is 17.8. The van der Waals surface area contributed by atoms with Gasteiger partial charge in [0.2, 0.25) is 0 Å². The molecule has 26 heavy (non-hydrogen) atoms. The normalized spacial score (nSPS) is 13.3. The molecule has 0 saturated heterocycles. The predicted octanol–water partition coefficient (Wildman–Crippen LogP) is 3.60. The number of benzene rings is 2. The van der Waals surface area contributed by atoms with E-state index in [2.05, 4.69) is 45.6 Å². The molecule has 0 spiro atoms. The van der Waals surface area contributed by atoms with Crippen LogP contribution >= 0.6 is 0 Å². The number of hydrogen-bond donors (Lipinski definition) is 1. The first-order valence-corrected chi connectivity index (χ1v) is 9.08. The van der Waals surface area contributed by atoms with Gasteiger partial charge in [-0.1, -0.05) is 48.5 Å². The van der Waals surface area contributed by atoms with Crippen molar-refractivity contribution < 1.29 is 4.74 Å². The van der Waals surface area contributed by atoms with Gasteiger partial charge in [0.05, 0.1) is 11.9 Å². The summed E-state index contributed by atoms with van der Waals surface area (Å²) >= 11 is 0. The maximum atomic E-state index is 5.87. The Kier molecular flexibility index (Phi) is 4.93. The Morgan fingerprint density at radius 3 is 2.77 bits per heavy atom. The molecule has 1 aliphatic heterocycles. The third kappa shape index (κ3) is 3.92. The molecule has 2 aromatic carbocycles. The monoisotopic (exact) mass is 345 g/mol. The first-order chi connectivity index (χ1) is 12.8. The minimum atomic E-state index is 0.531. The number of nitrogens with zero attached hydrogens (tertiary/aromatic N) is 2. The van der Waals surface area contributed by atoms with Crippen LogP contribution < -0.4 is 10.1 Å². The van der Waals surface area contributed by atoms with Crippen LogP contribution in [0.1, 0.15) is 33.8 Å². The number of aromatic nitrogens is 2. The Labute approximate surface area is 154 Å². The minimum absolute atomic E-state index is 0.531. The molecule has 1 aromatic heterocycles. The second kappa shape index (κ2) is 7.67. The van der Waals surface area contributed by atoms with Crippen LogP contribution in [0.15, 0.2) is 54.7 Å². The van der Waals surface area contributed by atoms with Crippen LogP contribution in [-0.4, -0.2) is 16.5 Å². The van der Waals surface area contributed by atoms with Gasteiger partial charge >= 0.3 is 0 Å². The molecule has 132 valence electrons. The van der Waals surface area contributed by atoms with E-state index in [9.17, 15) is 0 Å². The summed E-state index contributed by atoms with van der Waals surface area (Å²) in [6.45, 7) is 4.53. The predicted molar refractivity (Wildman–Crippen MR) is 102 cm³/mol. The fourth-order valence-electron chi connectivity index (χ4n) is 3.29. The first-order valence-electron chi connectivity index (χ1n) is 9.08. The van der Waals surface area contributed by atoms with Crippen molar-refractivity contribution in [3.8, 4) is 5.75 Å². The van der Waals surface area contributed by atoms with E-state index in [-0.39, 0.29) is 0 Å². The van der Waals surface area contributed by atoms with Crippen molar-refractivity contribution in [1.29, 1.82) is 0 Å². The SMILES string of the molecule is Cc1nc(Cc2ccc3c(c2)CCNC3)ncc1OCc1ccccc1. The topological polar surface area (TPSA) is 47.0 Å².